The van der Waals surface area contributed by atoms with Crippen molar-refractivity contribution in [2.75, 3.05) is 13.7 Å². The predicted octanol–water partition coefficient (Wildman–Crippen LogP) is 1.71. The Morgan fingerprint density at radius 3 is 2.84 bits per heavy atom. The van der Waals surface area contributed by atoms with Crippen molar-refractivity contribution in [3.05, 3.63) is 29.3 Å². The third-order valence-electron chi connectivity index (χ3n) is 3.46. The SMILES string of the molecule is COc1ccc(C)cc1C(CCN)C(=O)NC1CC1. The second kappa shape index (κ2) is 6.06. The summed E-state index contributed by atoms with van der Waals surface area (Å²) in [6, 6.07) is 6.29. The van der Waals surface area contributed by atoms with Gasteiger partial charge in [-0.25, -0.2) is 0 Å². The van der Waals surface area contributed by atoms with Crippen LogP contribution in [0.15, 0.2) is 18.2 Å². The van der Waals surface area contributed by atoms with Gasteiger partial charge in [-0.1, -0.05) is 17.7 Å². The second-order valence-corrected chi connectivity index (χ2v) is 5.16. The van der Waals surface area contributed by atoms with E-state index in [0.717, 1.165) is 29.7 Å². The van der Waals surface area contributed by atoms with E-state index in [2.05, 4.69) is 5.32 Å². The standard InChI is InChI=1S/C15H22N2O2/c1-10-3-6-14(19-2)13(9-10)12(7-8-16)15(18)17-11-4-5-11/h3,6,9,11-12H,4-5,7-8,16H2,1-2H3,(H,17,18). The molecular weight excluding hydrogens is 240 g/mol. The van der Waals surface area contributed by atoms with Crippen LogP contribution in [0.4, 0.5) is 0 Å². The molecule has 2 rings (SSSR count). The maximum Gasteiger partial charge on any atom is 0.227 e. The number of carbonyl (C=O) groups is 1. The summed E-state index contributed by atoms with van der Waals surface area (Å²) in [6.45, 7) is 2.50. The number of ether oxygens (including phenoxy) is 1. The van der Waals surface area contributed by atoms with Gasteiger partial charge >= 0.3 is 0 Å². The van der Waals surface area contributed by atoms with Gasteiger partial charge < -0.3 is 15.8 Å². The molecule has 1 saturated carbocycles. The molecule has 104 valence electrons. The minimum Gasteiger partial charge on any atom is -0.496 e. The maximum absolute atomic E-state index is 12.3. The second-order valence-electron chi connectivity index (χ2n) is 5.16. The van der Waals surface area contributed by atoms with E-state index in [0.29, 0.717) is 19.0 Å². The molecule has 0 aromatic heterocycles. The molecule has 1 aromatic carbocycles. The first-order valence-corrected chi connectivity index (χ1v) is 6.80. The van der Waals surface area contributed by atoms with Gasteiger partial charge in [0.2, 0.25) is 5.91 Å². The first kappa shape index (κ1) is 13.9. The number of nitrogens with one attached hydrogen (secondary N) is 1. The number of carbonyl (C=O) groups excluding carboxylic acids is 1. The Labute approximate surface area is 114 Å². The Balaban J connectivity index is 2.25. The fraction of sp³-hybridized carbons (Fsp3) is 0.533. The molecule has 4 heteroatoms. The molecule has 0 heterocycles. The third-order valence-corrected chi connectivity index (χ3v) is 3.46. The average molecular weight is 262 g/mol. The highest BCUT2D eigenvalue weighted by molar-refractivity contribution is 5.85. The first-order valence-electron chi connectivity index (χ1n) is 6.80. The van der Waals surface area contributed by atoms with Gasteiger partial charge in [0.1, 0.15) is 5.75 Å². The van der Waals surface area contributed by atoms with Gasteiger partial charge in [-0.15, -0.1) is 0 Å². The number of nitrogens with two attached hydrogens (primary N) is 1. The monoisotopic (exact) mass is 262 g/mol. The van der Waals surface area contributed by atoms with Gasteiger partial charge in [-0.2, -0.15) is 0 Å². The maximum atomic E-state index is 12.3. The summed E-state index contributed by atoms with van der Waals surface area (Å²) in [5.74, 6) is 0.604. The van der Waals surface area contributed by atoms with E-state index in [1.165, 1.54) is 0 Å². The smallest absolute Gasteiger partial charge is 0.227 e. The van der Waals surface area contributed by atoms with Crippen LogP contribution in [0.1, 0.15) is 36.3 Å². The molecule has 1 aliphatic carbocycles. The van der Waals surface area contributed by atoms with Gasteiger partial charge in [0.05, 0.1) is 13.0 Å². The van der Waals surface area contributed by atoms with Crippen molar-refractivity contribution >= 4 is 5.91 Å². The number of hydrogen-bond acceptors (Lipinski definition) is 3. The van der Waals surface area contributed by atoms with E-state index in [1.807, 2.05) is 25.1 Å². The highest BCUT2D eigenvalue weighted by Crippen LogP contribution is 2.31. The lowest BCUT2D eigenvalue weighted by molar-refractivity contribution is -0.122. The molecular formula is C15H22N2O2. The minimum absolute atomic E-state index is 0.0665. The summed E-state index contributed by atoms with van der Waals surface area (Å²) in [5, 5.41) is 3.06. The highest BCUT2D eigenvalue weighted by Gasteiger charge is 2.29. The predicted molar refractivity (Wildman–Crippen MR) is 75.3 cm³/mol. The summed E-state index contributed by atoms with van der Waals surface area (Å²) in [5.41, 5.74) is 7.72. The Hall–Kier alpha value is -1.55. The largest absolute Gasteiger partial charge is 0.496 e. The Morgan fingerprint density at radius 1 is 1.53 bits per heavy atom. The lowest BCUT2D eigenvalue weighted by Gasteiger charge is -2.19. The number of methoxy groups -OCH3 is 1. The number of hydrogen-bond donors (Lipinski definition) is 2. The third kappa shape index (κ3) is 3.47. The number of rotatable bonds is 6. The number of benzene rings is 1. The molecule has 1 aromatic rings. The summed E-state index contributed by atoms with van der Waals surface area (Å²) in [4.78, 5) is 12.3. The molecule has 1 unspecified atom stereocenters. The quantitative estimate of drug-likeness (QED) is 0.820. The molecule has 0 aliphatic heterocycles. The number of aryl methyl sites for hydroxylation is 1. The topological polar surface area (TPSA) is 64.3 Å². The van der Waals surface area contributed by atoms with Crippen molar-refractivity contribution in [3.8, 4) is 5.75 Å². The molecule has 3 N–H and O–H groups in total. The molecule has 1 atom stereocenters. The molecule has 1 amide bonds. The molecule has 0 saturated heterocycles. The normalized spacial score (nSPS) is 15.9. The van der Waals surface area contributed by atoms with E-state index >= 15 is 0 Å². The summed E-state index contributed by atoms with van der Waals surface area (Å²) in [7, 11) is 1.63. The molecule has 0 radical (unpaired) electrons. The summed E-state index contributed by atoms with van der Waals surface area (Å²) in [6.07, 6.45) is 2.82. The Bertz CT molecular complexity index is 455. The lowest BCUT2D eigenvalue weighted by atomic mass is 9.92. The van der Waals surface area contributed by atoms with E-state index in [4.69, 9.17) is 10.5 Å². The Kier molecular flexibility index (Phi) is 4.43. The first-order chi connectivity index (χ1) is 9.15. The van der Waals surface area contributed by atoms with Crippen LogP contribution >= 0.6 is 0 Å². The summed E-state index contributed by atoms with van der Waals surface area (Å²) >= 11 is 0. The van der Waals surface area contributed by atoms with Crippen LogP contribution < -0.4 is 15.8 Å². The fourth-order valence-corrected chi connectivity index (χ4v) is 2.25. The van der Waals surface area contributed by atoms with Gasteiger partial charge in [0.25, 0.3) is 0 Å². The zero-order valence-corrected chi connectivity index (χ0v) is 11.6. The molecule has 19 heavy (non-hydrogen) atoms. The van der Waals surface area contributed by atoms with Crippen LogP contribution in [0.25, 0.3) is 0 Å². The average Bonchev–Trinajstić information content (AvgIpc) is 3.19. The zero-order valence-electron chi connectivity index (χ0n) is 11.6. The molecule has 1 aliphatic rings. The van der Waals surface area contributed by atoms with Crippen LogP contribution in [0.2, 0.25) is 0 Å². The molecule has 4 nitrogen and oxygen atoms in total. The van der Waals surface area contributed by atoms with Crippen LogP contribution in [0.3, 0.4) is 0 Å². The van der Waals surface area contributed by atoms with E-state index < -0.39 is 0 Å². The molecule has 0 bridgehead atoms. The minimum atomic E-state index is -0.222. The Morgan fingerprint density at radius 2 is 2.26 bits per heavy atom. The van der Waals surface area contributed by atoms with Gasteiger partial charge in [0, 0.05) is 11.6 Å². The van der Waals surface area contributed by atoms with Crippen molar-refractivity contribution in [3.63, 3.8) is 0 Å². The van der Waals surface area contributed by atoms with Gasteiger partial charge in [0.15, 0.2) is 0 Å². The highest BCUT2D eigenvalue weighted by atomic mass is 16.5. The van der Waals surface area contributed by atoms with Crippen molar-refractivity contribution in [2.24, 2.45) is 5.73 Å². The van der Waals surface area contributed by atoms with E-state index in [-0.39, 0.29) is 11.8 Å². The fourth-order valence-electron chi connectivity index (χ4n) is 2.25. The van der Waals surface area contributed by atoms with Gasteiger partial charge in [-0.05, 0) is 38.8 Å². The van der Waals surface area contributed by atoms with Crippen LogP contribution in [-0.4, -0.2) is 25.6 Å². The van der Waals surface area contributed by atoms with E-state index in [1.54, 1.807) is 7.11 Å². The number of amides is 1. The van der Waals surface area contributed by atoms with Crippen LogP contribution in [-0.2, 0) is 4.79 Å². The van der Waals surface area contributed by atoms with Gasteiger partial charge in [-0.3, -0.25) is 4.79 Å². The lowest BCUT2D eigenvalue weighted by Crippen LogP contribution is -2.32. The van der Waals surface area contributed by atoms with E-state index in [9.17, 15) is 4.79 Å². The van der Waals surface area contributed by atoms with Crippen molar-refractivity contribution in [2.45, 2.75) is 38.1 Å². The van der Waals surface area contributed by atoms with Crippen LogP contribution in [0, 0.1) is 6.92 Å². The van der Waals surface area contributed by atoms with Crippen molar-refractivity contribution in [1.82, 2.24) is 5.32 Å². The summed E-state index contributed by atoms with van der Waals surface area (Å²) < 4.78 is 5.38. The van der Waals surface area contributed by atoms with Crippen LogP contribution in [0.5, 0.6) is 5.75 Å². The zero-order chi connectivity index (χ0) is 13.8. The van der Waals surface area contributed by atoms with Crippen molar-refractivity contribution in [1.29, 1.82) is 0 Å². The van der Waals surface area contributed by atoms with Crippen molar-refractivity contribution < 1.29 is 9.53 Å². The molecule has 1 fully saturated rings. The molecule has 0 spiro atoms.